The molecular weight excluding hydrogens is 346 g/mol. The minimum absolute atomic E-state index is 0.199. The zero-order valence-corrected chi connectivity index (χ0v) is 13.2. The van der Waals surface area contributed by atoms with Crippen LogP contribution in [0.4, 0.5) is 5.82 Å². The van der Waals surface area contributed by atoms with Crippen LogP contribution in [0.5, 0.6) is 0 Å². The van der Waals surface area contributed by atoms with Crippen LogP contribution in [0.25, 0.3) is 0 Å². The number of nitrogens with zero attached hydrogens (tertiary/aromatic N) is 1. The Hall–Kier alpha value is -0.750. The highest BCUT2D eigenvalue weighted by molar-refractivity contribution is 9.10. The third-order valence-corrected chi connectivity index (χ3v) is 4.35. The van der Waals surface area contributed by atoms with Gasteiger partial charge in [0.2, 0.25) is 0 Å². The van der Waals surface area contributed by atoms with Crippen LogP contribution in [0, 0.1) is 0 Å². The van der Waals surface area contributed by atoms with Gasteiger partial charge in [0, 0.05) is 32.9 Å². The Labute approximate surface area is 129 Å². The van der Waals surface area contributed by atoms with E-state index in [1.54, 1.807) is 17.8 Å². The van der Waals surface area contributed by atoms with E-state index in [0.29, 0.717) is 16.6 Å². The summed E-state index contributed by atoms with van der Waals surface area (Å²) in [7, 11) is 0. The molecule has 0 aliphatic heterocycles. The molecule has 0 bridgehead atoms. The highest BCUT2D eigenvalue weighted by atomic mass is 79.9. The van der Waals surface area contributed by atoms with Crippen LogP contribution in [0.15, 0.2) is 45.9 Å². The maximum Gasteiger partial charge on any atom is 0.128 e. The standard InChI is InChI=1S/C13H13BrClN3S/c14-8-2-1-3-10(4-8)19-7-12(16)11-5-9(15)6-18-13(11)17/h1-6,12H,7,16H2,(H2,17,18). The largest absolute Gasteiger partial charge is 0.383 e. The van der Waals surface area contributed by atoms with E-state index in [0.717, 1.165) is 14.9 Å². The van der Waals surface area contributed by atoms with E-state index in [1.807, 2.05) is 18.2 Å². The van der Waals surface area contributed by atoms with Gasteiger partial charge in [-0.05, 0) is 24.3 Å². The van der Waals surface area contributed by atoms with E-state index in [-0.39, 0.29) is 6.04 Å². The van der Waals surface area contributed by atoms with Gasteiger partial charge in [-0.1, -0.05) is 33.6 Å². The molecule has 1 unspecified atom stereocenters. The van der Waals surface area contributed by atoms with Crippen LogP contribution in [0.2, 0.25) is 5.02 Å². The number of halogens is 2. The second kappa shape index (κ2) is 6.61. The van der Waals surface area contributed by atoms with Crippen molar-refractivity contribution < 1.29 is 0 Å². The fourth-order valence-electron chi connectivity index (χ4n) is 1.60. The molecule has 0 aliphatic carbocycles. The lowest BCUT2D eigenvalue weighted by Gasteiger charge is -2.13. The van der Waals surface area contributed by atoms with Crippen molar-refractivity contribution in [3.05, 3.63) is 51.6 Å². The van der Waals surface area contributed by atoms with Crippen LogP contribution in [-0.2, 0) is 0 Å². The number of anilines is 1. The van der Waals surface area contributed by atoms with Gasteiger partial charge < -0.3 is 11.5 Å². The lowest BCUT2D eigenvalue weighted by Crippen LogP contribution is -2.15. The van der Waals surface area contributed by atoms with E-state index >= 15 is 0 Å². The minimum Gasteiger partial charge on any atom is -0.383 e. The van der Waals surface area contributed by atoms with Crippen molar-refractivity contribution in [3.63, 3.8) is 0 Å². The predicted molar refractivity (Wildman–Crippen MR) is 85.5 cm³/mol. The number of nitrogen functional groups attached to an aromatic ring is 1. The number of nitrogens with two attached hydrogens (primary N) is 2. The molecule has 1 aromatic heterocycles. The Balaban J connectivity index is 2.05. The maximum absolute atomic E-state index is 6.14. The Kier molecular flexibility index (Phi) is 5.10. The van der Waals surface area contributed by atoms with Crippen molar-refractivity contribution in [1.82, 2.24) is 4.98 Å². The molecule has 6 heteroatoms. The number of rotatable bonds is 4. The average Bonchev–Trinajstić information content (AvgIpc) is 2.39. The molecule has 1 atom stereocenters. The summed E-state index contributed by atoms with van der Waals surface area (Å²) in [6, 6.07) is 9.65. The van der Waals surface area contributed by atoms with Gasteiger partial charge in [-0.15, -0.1) is 11.8 Å². The first kappa shape index (κ1) is 14.7. The number of hydrogen-bond acceptors (Lipinski definition) is 4. The number of hydrogen-bond donors (Lipinski definition) is 2. The average molecular weight is 359 g/mol. The Morgan fingerprint density at radius 1 is 1.37 bits per heavy atom. The summed E-state index contributed by atoms with van der Waals surface area (Å²) in [4.78, 5) is 5.17. The van der Waals surface area contributed by atoms with E-state index < -0.39 is 0 Å². The molecular formula is C13H13BrClN3S. The Morgan fingerprint density at radius 2 is 2.16 bits per heavy atom. The lowest BCUT2D eigenvalue weighted by atomic mass is 10.1. The SMILES string of the molecule is Nc1ncc(Cl)cc1C(N)CSc1cccc(Br)c1. The molecule has 19 heavy (non-hydrogen) atoms. The maximum atomic E-state index is 6.14. The minimum atomic E-state index is -0.199. The smallest absolute Gasteiger partial charge is 0.128 e. The number of pyridine rings is 1. The topological polar surface area (TPSA) is 64.9 Å². The predicted octanol–water partition coefficient (Wildman–Crippen LogP) is 3.87. The van der Waals surface area contributed by atoms with Gasteiger partial charge in [-0.2, -0.15) is 0 Å². The third kappa shape index (κ3) is 4.11. The first-order valence-electron chi connectivity index (χ1n) is 5.61. The molecule has 100 valence electrons. The normalized spacial score (nSPS) is 12.4. The highest BCUT2D eigenvalue weighted by Crippen LogP contribution is 2.28. The van der Waals surface area contributed by atoms with Gasteiger partial charge in [0.1, 0.15) is 5.82 Å². The third-order valence-electron chi connectivity index (χ3n) is 2.54. The summed E-state index contributed by atoms with van der Waals surface area (Å²) in [5, 5.41) is 0.548. The van der Waals surface area contributed by atoms with Gasteiger partial charge in [-0.25, -0.2) is 4.98 Å². The van der Waals surface area contributed by atoms with Gasteiger partial charge in [-0.3, -0.25) is 0 Å². The molecule has 2 aromatic rings. The van der Waals surface area contributed by atoms with Crippen molar-refractivity contribution in [2.45, 2.75) is 10.9 Å². The summed E-state index contributed by atoms with van der Waals surface area (Å²) in [5.74, 6) is 1.15. The molecule has 0 spiro atoms. The number of thioether (sulfide) groups is 1. The van der Waals surface area contributed by atoms with Gasteiger partial charge >= 0.3 is 0 Å². The first-order valence-corrected chi connectivity index (χ1v) is 7.77. The number of aromatic nitrogens is 1. The van der Waals surface area contributed by atoms with Gasteiger partial charge in [0.05, 0.1) is 5.02 Å². The van der Waals surface area contributed by atoms with Gasteiger partial charge in [0.15, 0.2) is 0 Å². The van der Waals surface area contributed by atoms with Crippen molar-refractivity contribution in [1.29, 1.82) is 0 Å². The summed E-state index contributed by atoms with van der Waals surface area (Å²) in [6.45, 7) is 0. The molecule has 4 N–H and O–H groups in total. The Bertz CT molecular complexity index is 580. The van der Waals surface area contributed by atoms with Crippen molar-refractivity contribution in [2.24, 2.45) is 5.73 Å². The van der Waals surface area contributed by atoms with Gasteiger partial charge in [0.25, 0.3) is 0 Å². The number of benzene rings is 1. The molecule has 1 heterocycles. The van der Waals surface area contributed by atoms with Crippen LogP contribution in [0.1, 0.15) is 11.6 Å². The van der Waals surface area contributed by atoms with Crippen molar-refractivity contribution >= 4 is 45.1 Å². The second-order valence-corrected chi connectivity index (χ2v) is 6.45. The lowest BCUT2D eigenvalue weighted by molar-refractivity contribution is 0.828. The fourth-order valence-corrected chi connectivity index (χ4v) is 3.25. The van der Waals surface area contributed by atoms with E-state index in [1.165, 1.54) is 6.20 Å². The van der Waals surface area contributed by atoms with E-state index in [9.17, 15) is 0 Å². The monoisotopic (exact) mass is 357 g/mol. The zero-order valence-electron chi connectivity index (χ0n) is 10.0. The molecule has 3 nitrogen and oxygen atoms in total. The molecule has 2 rings (SSSR count). The highest BCUT2D eigenvalue weighted by Gasteiger charge is 2.12. The molecule has 0 amide bonds. The first-order chi connectivity index (χ1) is 9.06. The van der Waals surface area contributed by atoms with Crippen molar-refractivity contribution in [3.8, 4) is 0 Å². The molecule has 0 radical (unpaired) electrons. The van der Waals surface area contributed by atoms with Crippen molar-refractivity contribution in [2.75, 3.05) is 11.5 Å². The summed E-state index contributed by atoms with van der Waals surface area (Å²) >= 11 is 11.0. The summed E-state index contributed by atoms with van der Waals surface area (Å²) < 4.78 is 1.05. The zero-order chi connectivity index (χ0) is 13.8. The van der Waals surface area contributed by atoms with Crippen LogP contribution in [-0.4, -0.2) is 10.7 Å². The second-order valence-electron chi connectivity index (χ2n) is 4.00. The molecule has 0 saturated carbocycles. The van der Waals surface area contributed by atoms with E-state index in [2.05, 4.69) is 27.0 Å². The molecule has 0 saturated heterocycles. The molecule has 0 fully saturated rings. The molecule has 1 aromatic carbocycles. The fraction of sp³-hybridized carbons (Fsp3) is 0.154. The quantitative estimate of drug-likeness (QED) is 0.814. The van der Waals surface area contributed by atoms with Crippen LogP contribution >= 0.6 is 39.3 Å². The Morgan fingerprint density at radius 3 is 2.89 bits per heavy atom. The molecule has 0 aliphatic rings. The summed E-state index contributed by atoms with van der Waals surface area (Å²) in [6.07, 6.45) is 1.52. The van der Waals surface area contributed by atoms with Crippen LogP contribution < -0.4 is 11.5 Å². The summed E-state index contributed by atoms with van der Waals surface area (Å²) in [5.41, 5.74) is 12.7. The van der Waals surface area contributed by atoms with E-state index in [4.69, 9.17) is 23.1 Å². The van der Waals surface area contributed by atoms with Crippen LogP contribution in [0.3, 0.4) is 0 Å².